The number of carbonyl (C=O) groups excluding carboxylic acids is 3. The standard InChI is InChI=1S/C49H51F3N10O6/c1-56-30-53-55-45(56)44(64)34-3-2-4-37(22-34)60-28-42-40(49(50,51)52)21-33(26-62(42)48(60)67)25-57-15-13-38(14-16-57)68-29-32-7-5-31(6-8-32)24-58-17-19-59(20-18-58)36-9-10-39-35(23-36)27-61(47(39)66)41-11-12-43(63)54-46(41)65/h2-10,21-23,26,28,30,38,41,44,64H,11-20,24-25,27,29H2,1H3,(H,54,63,65)/t41?,44-/m1/s1. The largest absolute Gasteiger partial charge is 0.418 e. The zero-order valence-electron chi connectivity index (χ0n) is 37.4. The summed E-state index contributed by atoms with van der Waals surface area (Å²) in [7, 11) is 1.68. The average molecular weight is 933 g/mol. The van der Waals surface area contributed by atoms with Crippen molar-refractivity contribution < 1.29 is 37.4 Å². The Morgan fingerprint density at radius 3 is 2.28 bits per heavy atom. The van der Waals surface area contributed by atoms with Gasteiger partial charge in [-0.05, 0) is 83.5 Å². The number of aromatic nitrogens is 5. The van der Waals surface area contributed by atoms with E-state index in [0.717, 1.165) is 77.4 Å². The lowest BCUT2D eigenvalue weighted by molar-refractivity contribution is -0.137. The Morgan fingerprint density at radius 1 is 0.824 bits per heavy atom. The molecule has 16 nitrogen and oxygen atoms in total. The number of rotatable bonds is 12. The minimum absolute atomic E-state index is 0.00507. The van der Waals surface area contributed by atoms with E-state index in [2.05, 4.69) is 60.5 Å². The third-order valence-corrected chi connectivity index (χ3v) is 13.7. The number of nitrogens with one attached hydrogen (secondary N) is 1. The molecule has 3 amide bonds. The van der Waals surface area contributed by atoms with E-state index in [9.17, 15) is 37.5 Å². The van der Waals surface area contributed by atoms with Crippen LogP contribution in [0.5, 0.6) is 0 Å². The maximum atomic E-state index is 14.5. The number of anilines is 1. The summed E-state index contributed by atoms with van der Waals surface area (Å²) in [5.74, 6) is -0.604. The van der Waals surface area contributed by atoms with Crippen molar-refractivity contribution in [1.82, 2.24) is 43.7 Å². The maximum absolute atomic E-state index is 14.5. The number of hydrogen-bond acceptors (Lipinski definition) is 11. The zero-order valence-corrected chi connectivity index (χ0v) is 37.4. The lowest BCUT2D eigenvalue weighted by atomic mass is 10.0. The lowest BCUT2D eigenvalue weighted by Gasteiger charge is -2.36. The second-order valence-corrected chi connectivity index (χ2v) is 18.2. The number of nitrogens with zero attached hydrogens (tertiary/aromatic N) is 9. The van der Waals surface area contributed by atoms with E-state index in [0.29, 0.717) is 55.0 Å². The summed E-state index contributed by atoms with van der Waals surface area (Å²) in [5.41, 5.74) is 4.08. The fourth-order valence-electron chi connectivity index (χ4n) is 9.90. The number of benzene rings is 3. The maximum Gasteiger partial charge on any atom is 0.418 e. The first kappa shape index (κ1) is 45.1. The van der Waals surface area contributed by atoms with Crippen molar-refractivity contribution in [3.63, 3.8) is 0 Å². The Labute approximate surface area is 389 Å². The average Bonchev–Trinajstić information content (AvgIpc) is 4.02. The Bertz CT molecular complexity index is 2930. The number of hydrogen-bond donors (Lipinski definition) is 2. The SMILES string of the molecule is Cn1cnnc1[C@H](O)c1cccc(-n2cc3c(C(F)(F)F)cc(CN4CCC(OCc5ccc(CN6CCN(c7ccc8c(c7)CN(C7CCC(=O)NC7=O)C8=O)CC6)cc5)CC4)cn3c2=O)c1. The lowest BCUT2D eigenvalue weighted by Crippen LogP contribution is -2.52. The number of pyridine rings is 1. The molecule has 0 saturated carbocycles. The number of alkyl halides is 3. The summed E-state index contributed by atoms with van der Waals surface area (Å²) in [6.45, 7) is 6.54. The molecule has 4 aliphatic heterocycles. The Hall–Kier alpha value is -6.67. The van der Waals surface area contributed by atoms with Gasteiger partial charge in [0.15, 0.2) is 5.82 Å². The number of likely N-dealkylation sites (tertiary alicyclic amines) is 1. The smallest absolute Gasteiger partial charge is 0.380 e. The molecular formula is C49H51F3N10O6. The van der Waals surface area contributed by atoms with Gasteiger partial charge in [-0.25, -0.2) is 4.79 Å². The van der Waals surface area contributed by atoms with Crippen molar-refractivity contribution in [2.75, 3.05) is 44.2 Å². The molecule has 3 aromatic carbocycles. The van der Waals surface area contributed by atoms with E-state index >= 15 is 0 Å². The predicted octanol–water partition coefficient (Wildman–Crippen LogP) is 4.58. The Kier molecular flexibility index (Phi) is 12.2. The third kappa shape index (κ3) is 9.17. The van der Waals surface area contributed by atoms with Crippen LogP contribution in [-0.2, 0) is 53.8 Å². The molecule has 4 aliphatic rings. The topological polar surface area (TPSA) is 163 Å². The molecule has 0 spiro atoms. The highest BCUT2D eigenvalue weighted by Gasteiger charge is 2.40. The summed E-state index contributed by atoms with van der Waals surface area (Å²) in [5, 5.41) is 21.0. The van der Waals surface area contributed by atoms with Gasteiger partial charge in [-0.3, -0.25) is 38.5 Å². The first-order valence-corrected chi connectivity index (χ1v) is 22.9. The number of carbonyl (C=O) groups is 3. The molecule has 0 aliphatic carbocycles. The molecule has 2 N–H and O–H groups in total. The van der Waals surface area contributed by atoms with Crippen LogP contribution in [0.2, 0.25) is 0 Å². The van der Waals surface area contributed by atoms with Gasteiger partial charge < -0.3 is 24.2 Å². The van der Waals surface area contributed by atoms with Gasteiger partial charge in [-0.2, -0.15) is 13.2 Å². The molecule has 3 saturated heterocycles. The molecule has 6 aromatic rings. The van der Waals surface area contributed by atoms with Gasteiger partial charge in [0.1, 0.15) is 18.5 Å². The van der Waals surface area contributed by atoms with Crippen LogP contribution in [0.15, 0.2) is 96.3 Å². The van der Waals surface area contributed by atoms with Gasteiger partial charge >= 0.3 is 11.9 Å². The molecule has 68 heavy (non-hydrogen) atoms. The van der Waals surface area contributed by atoms with Crippen LogP contribution >= 0.6 is 0 Å². The Morgan fingerprint density at radius 2 is 1.56 bits per heavy atom. The highest BCUT2D eigenvalue weighted by Crippen LogP contribution is 2.35. The molecule has 3 aromatic heterocycles. The number of imidazole rings is 1. The number of imide groups is 1. The number of amides is 3. The molecule has 3 fully saturated rings. The van der Waals surface area contributed by atoms with Crippen molar-refractivity contribution in [3.05, 3.63) is 147 Å². The van der Waals surface area contributed by atoms with Gasteiger partial charge in [0.05, 0.1) is 29.5 Å². The van der Waals surface area contributed by atoms with Crippen LogP contribution in [0.3, 0.4) is 0 Å². The second-order valence-electron chi connectivity index (χ2n) is 18.2. The van der Waals surface area contributed by atoms with Gasteiger partial charge in [0, 0.05) is 96.0 Å². The molecule has 354 valence electrons. The van der Waals surface area contributed by atoms with Gasteiger partial charge in [-0.15, -0.1) is 10.2 Å². The monoisotopic (exact) mass is 932 g/mol. The first-order valence-electron chi connectivity index (χ1n) is 22.9. The molecule has 10 rings (SSSR count). The fraction of sp³-hybridized carbons (Fsp3) is 0.388. The highest BCUT2D eigenvalue weighted by atomic mass is 19.4. The van der Waals surface area contributed by atoms with Crippen molar-refractivity contribution >= 4 is 28.9 Å². The van der Waals surface area contributed by atoms with Crippen LogP contribution in [0, 0.1) is 0 Å². The van der Waals surface area contributed by atoms with Crippen molar-refractivity contribution in [2.24, 2.45) is 7.05 Å². The second kappa shape index (κ2) is 18.4. The summed E-state index contributed by atoms with van der Waals surface area (Å²) in [6, 6.07) is 21.2. The summed E-state index contributed by atoms with van der Waals surface area (Å²) in [4.78, 5) is 59.4. The molecule has 2 atom stereocenters. The Balaban J connectivity index is 0.696. The number of piperidine rings is 2. The van der Waals surface area contributed by atoms with Crippen LogP contribution in [0.4, 0.5) is 18.9 Å². The van der Waals surface area contributed by atoms with Crippen LogP contribution < -0.4 is 15.9 Å². The number of aryl methyl sites for hydroxylation is 1. The quantitative estimate of drug-likeness (QED) is 0.165. The minimum Gasteiger partial charge on any atom is -0.380 e. The summed E-state index contributed by atoms with van der Waals surface area (Å²) >= 11 is 0. The minimum atomic E-state index is -4.71. The van der Waals surface area contributed by atoms with Crippen molar-refractivity contribution in [1.29, 1.82) is 0 Å². The van der Waals surface area contributed by atoms with E-state index in [1.165, 1.54) is 24.3 Å². The van der Waals surface area contributed by atoms with Crippen LogP contribution in [0.1, 0.15) is 81.4 Å². The van der Waals surface area contributed by atoms with E-state index < -0.39 is 35.5 Å². The number of piperazine rings is 1. The highest BCUT2D eigenvalue weighted by molar-refractivity contribution is 6.05. The predicted molar refractivity (Wildman–Crippen MR) is 243 cm³/mol. The molecule has 0 bridgehead atoms. The summed E-state index contributed by atoms with van der Waals surface area (Å²) in [6.07, 6.45) is 0.253. The number of aliphatic hydroxyl groups excluding tert-OH is 1. The molecule has 0 radical (unpaired) electrons. The van der Waals surface area contributed by atoms with E-state index in [1.807, 2.05) is 12.1 Å². The van der Waals surface area contributed by atoms with E-state index in [-0.39, 0.29) is 42.2 Å². The normalized spacial score (nSPS) is 19.2. The zero-order chi connectivity index (χ0) is 47.3. The number of ether oxygens (including phenoxy) is 1. The van der Waals surface area contributed by atoms with Crippen molar-refractivity contribution in [2.45, 2.75) is 76.4 Å². The third-order valence-electron chi connectivity index (χ3n) is 13.7. The van der Waals surface area contributed by atoms with Gasteiger partial charge in [-0.1, -0.05) is 36.4 Å². The van der Waals surface area contributed by atoms with Gasteiger partial charge in [0.2, 0.25) is 11.8 Å². The van der Waals surface area contributed by atoms with Crippen LogP contribution in [-0.4, -0.2) is 113 Å². The fourth-order valence-corrected chi connectivity index (χ4v) is 9.90. The number of fused-ring (bicyclic) bond motifs is 2. The number of halogens is 3. The molecule has 1 unspecified atom stereocenters. The van der Waals surface area contributed by atoms with E-state index in [1.54, 1.807) is 40.8 Å². The van der Waals surface area contributed by atoms with Crippen LogP contribution in [0.25, 0.3) is 11.2 Å². The summed E-state index contributed by atoms with van der Waals surface area (Å²) < 4.78 is 53.7. The first-order chi connectivity index (χ1) is 32.7. The molecule has 7 heterocycles. The molecular weight excluding hydrogens is 882 g/mol. The molecule has 19 heteroatoms. The van der Waals surface area contributed by atoms with E-state index in [4.69, 9.17) is 4.74 Å². The van der Waals surface area contributed by atoms with Crippen molar-refractivity contribution in [3.8, 4) is 5.69 Å². The number of aliphatic hydroxyl groups is 1. The van der Waals surface area contributed by atoms with Gasteiger partial charge in [0.25, 0.3) is 5.91 Å².